The number of rotatable bonds is 15. The second kappa shape index (κ2) is 13.9. The molecule has 0 bridgehead atoms. The molecular weight excluding hydrogens is 558 g/mol. The Labute approximate surface area is 225 Å². The van der Waals surface area contributed by atoms with Gasteiger partial charge in [0.25, 0.3) is 0 Å². The van der Waals surface area contributed by atoms with E-state index in [9.17, 15) is 4.79 Å². The van der Waals surface area contributed by atoms with Crippen molar-refractivity contribution in [1.29, 1.82) is 0 Å². The van der Waals surface area contributed by atoms with Gasteiger partial charge in [-0.2, -0.15) is 0 Å². The van der Waals surface area contributed by atoms with Crippen molar-refractivity contribution >= 4 is 31.5 Å². The fraction of sp³-hybridized carbons (Fsp3) is 0.759. The van der Waals surface area contributed by atoms with Crippen LogP contribution in [-0.4, -0.2) is 56.9 Å². The summed E-state index contributed by atoms with van der Waals surface area (Å²) in [4.78, 5) is 14.0. The Balaban J connectivity index is 2.75. The van der Waals surface area contributed by atoms with Gasteiger partial charge in [0.15, 0.2) is 0 Å². The number of carbonyl (C=O) groups is 1. The van der Waals surface area contributed by atoms with Gasteiger partial charge < -0.3 is 0 Å². The van der Waals surface area contributed by atoms with Crippen molar-refractivity contribution in [2.75, 3.05) is 14.2 Å². The Bertz CT molecular complexity index is 773. The molecule has 0 aromatic heterocycles. The van der Waals surface area contributed by atoms with E-state index in [1.807, 2.05) is 12.1 Å². The fourth-order valence-electron chi connectivity index (χ4n) is 5.70. The van der Waals surface area contributed by atoms with E-state index in [0.29, 0.717) is 0 Å². The molecule has 0 aliphatic carbocycles. The van der Waals surface area contributed by atoms with Crippen molar-refractivity contribution in [3.05, 3.63) is 29.8 Å². The number of methoxy groups -OCH3 is 2. The fourth-order valence-corrected chi connectivity index (χ4v) is 24.5. The molecule has 1 fully saturated rings. The molecular formula is C29H51BO5Sn. The molecule has 1 aliphatic rings. The van der Waals surface area contributed by atoms with Crippen LogP contribution in [0.25, 0.3) is 0 Å². The summed E-state index contributed by atoms with van der Waals surface area (Å²) < 4.78 is 27.9. The summed E-state index contributed by atoms with van der Waals surface area (Å²) in [5.74, 6) is 0.536. The van der Waals surface area contributed by atoms with Gasteiger partial charge in [-0.25, -0.2) is 0 Å². The van der Waals surface area contributed by atoms with E-state index in [4.69, 9.17) is 18.8 Å². The van der Waals surface area contributed by atoms with Crippen LogP contribution >= 0.6 is 0 Å². The molecule has 1 aromatic rings. The standard InChI is InChI=1S/C17H24BO5.3C4H9.Sn/c1-16(2)17(3,4)23-18(22-16)14(11-15(19)21-6)12-7-9-13(20-5)10-8-12;3*1-3-4-2;/h7-11,14H,1-6H3;3*1,3-4H2,2H3;/t14-;;;;/m1..../s1. The summed E-state index contributed by atoms with van der Waals surface area (Å²) in [5, 5.41) is 0. The quantitative estimate of drug-likeness (QED) is 0.150. The van der Waals surface area contributed by atoms with Crippen LogP contribution in [0.5, 0.6) is 5.75 Å². The van der Waals surface area contributed by atoms with Crippen LogP contribution in [0.15, 0.2) is 24.3 Å². The average Bonchev–Trinajstić information content (AvgIpc) is 3.08. The molecule has 0 saturated carbocycles. The predicted molar refractivity (Wildman–Crippen MR) is 152 cm³/mol. The first-order valence-corrected chi connectivity index (χ1v) is 21.8. The molecule has 1 saturated heterocycles. The number of ether oxygens (including phenoxy) is 2. The summed E-state index contributed by atoms with van der Waals surface area (Å²) in [7, 11) is 2.73. The van der Waals surface area contributed by atoms with Gasteiger partial charge in [-0.3, -0.25) is 0 Å². The molecule has 36 heavy (non-hydrogen) atoms. The van der Waals surface area contributed by atoms with Crippen molar-refractivity contribution < 1.29 is 23.6 Å². The van der Waals surface area contributed by atoms with E-state index < -0.39 is 36.7 Å². The van der Waals surface area contributed by atoms with Crippen LogP contribution < -0.4 is 4.74 Å². The number of esters is 1. The molecule has 5 nitrogen and oxygen atoms in total. The van der Waals surface area contributed by atoms with Gasteiger partial charge in [-0.15, -0.1) is 0 Å². The van der Waals surface area contributed by atoms with E-state index in [2.05, 4.69) is 60.6 Å². The molecule has 1 aliphatic heterocycles. The van der Waals surface area contributed by atoms with Crippen LogP contribution in [0.2, 0.25) is 17.2 Å². The molecule has 7 heteroatoms. The number of hydrogen-bond donors (Lipinski definition) is 0. The minimum atomic E-state index is -3.18. The molecule has 1 heterocycles. The molecule has 2 rings (SSSR count). The number of hydrogen-bond acceptors (Lipinski definition) is 5. The van der Waals surface area contributed by atoms with Crippen molar-refractivity contribution in [2.45, 2.75) is 121 Å². The maximum atomic E-state index is 14.0. The zero-order chi connectivity index (χ0) is 27.0. The molecule has 0 amide bonds. The molecule has 204 valence electrons. The number of benzene rings is 1. The zero-order valence-corrected chi connectivity index (χ0v) is 27.3. The summed E-state index contributed by atoms with van der Waals surface area (Å²) in [5.41, 5.74) is 0.130. The van der Waals surface area contributed by atoms with Crippen LogP contribution in [-0.2, 0) is 18.8 Å². The second-order valence-electron chi connectivity index (χ2n) is 11.6. The van der Waals surface area contributed by atoms with Crippen LogP contribution in [0.3, 0.4) is 0 Å². The molecule has 0 N–H and O–H groups in total. The Hall–Kier alpha value is -0.726. The molecule has 0 radical (unpaired) electrons. The van der Waals surface area contributed by atoms with E-state index in [1.54, 1.807) is 14.2 Å². The van der Waals surface area contributed by atoms with Crippen LogP contribution in [0.1, 0.15) is 98.4 Å². The third kappa shape index (κ3) is 7.22. The summed E-state index contributed by atoms with van der Waals surface area (Å²) in [6.07, 6.45) is 6.97. The minimum absolute atomic E-state index is 0.0651. The molecule has 0 spiro atoms. The normalized spacial score (nSPS) is 18.6. The van der Waals surface area contributed by atoms with Crippen molar-refractivity contribution in [2.24, 2.45) is 0 Å². The van der Waals surface area contributed by atoms with Crippen molar-refractivity contribution in [3.8, 4) is 5.75 Å². The van der Waals surface area contributed by atoms with Crippen molar-refractivity contribution in [1.82, 2.24) is 0 Å². The van der Waals surface area contributed by atoms with Gasteiger partial charge in [-0.1, -0.05) is 0 Å². The Morgan fingerprint density at radius 3 is 1.67 bits per heavy atom. The first-order valence-electron chi connectivity index (χ1n) is 14.1. The first-order chi connectivity index (χ1) is 17.0. The molecule has 2 atom stereocenters. The summed E-state index contributed by atoms with van der Waals surface area (Å²) in [6, 6.07) is 8.17. The second-order valence-corrected chi connectivity index (χ2v) is 25.4. The summed E-state index contributed by atoms with van der Waals surface area (Å²) >= 11 is -3.18. The van der Waals surface area contributed by atoms with Crippen LogP contribution in [0.4, 0.5) is 0 Å². The number of unbranched alkanes of at least 4 members (excludes halogenated alkanes) is 3. The van der Waals surface area contributed by atoms with E-state index in [-0.39, 0.29) is 15.7 Å². The molecule has 1 aromatic carbocycles. The Morgan fingerprint density at radius 1 is 0.861 bits per heavy atom. The predicted octanol–water partition coefficient (Wildman–Crippen LogP) is 7.80. The van der Waals surface area contributed by atoms with E-state index in [0.717, 1.165) is 30.6 Å². The summed E-state index contributed by atoms with van der Waals surface area (Å²) in [6.45, 7) is 15.1. The third-order valence-electron chi connectivity index (χ3n) is 8.62. The number of carbonyl (C=O) groups excluding carboxylic acids is 1. The van der Waals surface area contributed by atoms with Gasteiger partial charge in [0, 0.05) is 0 Å². The SMILES string of the molecule is CCC[CH2][Sn]([CH2]CCC)([CH2]CCC)[C@H](C(=O)OC)[C@@H](B1OC(C)(C)C(C)(C)O1)c1ccc(OC)cc1. The topological polar surface area (TPSA) is 54.0 Å². The van der Waals surface area contributed by atoms with Gasteiger partial charge in [0.05, 0.1) is 0 Å². The Morgan fingerprint density at radius 2 is 1.31 bits per heavy atom. The van der Waals surface area contributed by atoms with Gasteiger partial charge in [-0.05, 0) is 0 Å². The average molecular weight is 609 g/mol. The van der Waals surface area contributed by atoms with Crippen LogP contribution in [0, 0.1) is 0 Å². The van der Waals surface area contributed by atoms with E-state index in [1.165, 1.54) is 32.6 Å². The van der Waals surface area contributed by atoms with Gasteiger partial charge in [0.1, 0.15) is 0 Å². The zero-order valence-electron chi connectivity index (χ0n) is 24.4. The first kappa shape index (κ1) is 31.5. The van der Waals surface area contributed by atoms with Gasteiger partial charge in [0.2, 0.25) is 0 Å². The monoisotopic (exact) mass is 610 g/mol. The van der Waals surface area contributed by atoms with Crippen molar-refractivity contribution in [3.63, 3.8) is 0 Å². The maximum absolute atomic E-state index is 14.0. The van der Waals surface area contributed by atoms with Gasteiger partial charge >= 0.3 is 226 Å². The third-order valence-corrected chi connectivity index (χ3v) is 25.6. The van der Waals surface area contributed by atoms with E-state index >= 15 is 0 Å². The molecule has 0 unspecified atom stereocenters. The Kier molecular flexibility index (Phi) is 12.1.